The molecule has 1 aliphatic rings. The van der Waals surface area contributed by atoms with Crippen molar-refractivity contribution in [2.45, 2.75) is 84.3 Å². The van der Waals surface area contributed by atoms with Crippen molar-refractivity contribution >= 4 is 46.1 Å². The van der Waals surface area contributed by atoms with Crippen LogP contribution in [-0.4, -0.2) is 99.1 Å². The molecule has 0 bridgehead atoms. The zero-order valence-electron chi connectivity index (χ0n) is 31.0. The van der Waals surface area contributed by atoms with Gasteiger partial charge < -0.3 is 24.3 Å². The third kappa shape index (κ3) is 16.6. The smallest absolute Gasteiger partial charge is 0.414 e. The number of likely N-dealkylation sites (tertiary alicyclic amines) is 1. The minimum Gasteiger partial charge on any atom is -0.465 e. The van der Waals surface area contributed by atoms with Crippen molar-refractivity contribution in [3.05, 3.63) is 71.8 Å². The Morgan fingerprint density at radius 3 is 2.00 bits per heavy atom. The molecule has 1 heterocycles. The van der Waals surface area contributed by atoms with Gasteiger partial charge in [0.05, 0.1) is 12.4 Å². The summed E-state index contributed by atoms with van der Waals surface area (Å²) in [6, 6.07) is 16.0. The van der Waals surface area contributed by atoms with Gasteiger partial charge in [0.2, 0.25) is 21.9 Å². The van der Waals surface area contributed by atoms with Gasteiger partial charge >= 0.3 is 24.2 Å². The highest BCUT2D eigenvalue weighted by atomic mass is 32.2. The number of hydrogen-bond donors (Lipinski definition) is 4. The lowest BCUT2D eigenvalue weighted by molar-refractivity contribution is -0.141. The number of aliphatic imine (C=N–C) groups is 1. The Labute approximate surface area is 315 Å². The van der Waals surface area contributed by atoms with Gasteiger partial charge in [0.25, 0.3) is 0 Å². The molecule has 0 unspecified atom stereocenters. The van der Waals surface area contributed by atoms with E-state index in [1.165, 1.54) is 4.90 Å². The monoisotopic (exact) mass is 774 g/mol. The molecule has 0 saturated carbocycles. The minimum atomic E-state index is -4.11. The molecule has 1 aliphatic heterocycles. The molecule has 2 aromatic rings. The molecule has 296 valence electrons. The van der Waals surface area contributed by atoms with Gasteiger partial charge in [-0.3, -0.25) is 30.1 Å². The fourth-order valence-corrected chi connectivity index (χ4v) is 6.36. The number of carbonyl (C=O) groups excluding carboxylic acids is 5. The van der Waals surface area contributed by atoms with Gasteiger partial charge in [-0.1, -0.05) is 60.7 Å². The number of carbonyl (C=O) groups is 5. The Morgan fingerprint density at radius 1 is 0.889 bits per heavy atom. The van der Waals surface area contributed by atoms with Crippen molar-refractivity contribution in [3.63, 3.8) is 0 Å². The normalized spacial score (nSPS) is 14.6. The first-order valence-electron chi connectivity index (χ1n) is 17.6. The number of sulfonamides is 1. The van der Waals surface area contributed by atoms with E-state index in [4.69, 9.17) is 18.9 Å². The second-order valence-corrected chi connectivity index (χ2v) is 15.0. The zero-order chi connectivity index (χ0) is 39.6. The van der Waals surface area contributed by atoms with E-state index in [9.17, 15) is 32.4 Å². The first-order chi connectivity index (χ1) is 25.6. The molecule has 4 N–H and O–H groups in total. The fraction of sp³-hybridized carbons (Fsp3) is 0.500. The van der Waals surface area contributed by atoms with Crippen LogP contribution >= 0.6 is 0 Å². The van der Waals surface area contributed by atoms with Gasteiger partial charge in [0.15, 0.2) is 0 Å². The number of esters is 1. The van der Waals surface area contributed by atoms with E-state index in [-0.39, 0.29) is 51.7 Å². The molecule has 4 amide bonds. The largest absolute Gasteiger partial charge is 0.465 e. The lowest BCUT2D eigenvalue weighted by atomic mass is 10.1. The maximum absolute atomic E-state index is 13.5. The van der Waals surface area contributed by atoms with Crippen LogP contribution in [0.15, 0.2) is 65.7 Å². The van der Waals surface area contributed by atoms with Crippen LogP contribution in [-0.2, 0) is 51.8 Å². The summed E-state index contributed by atoms with van der Waals surface area (Å²) in [5, 5.41) is 7.52. The maximum Gasteiger partial charge on any atom is 0.414 e. The number of guanidine groups is 1. The van der Waals surface area contributed by atoms with Gasteiger partial charge in [-0.2, -0.15) is 0 Å². The highest BCUT2D eigenvalue weighted by Crippen LogP contribution is 2.21. The molecule has 1 fully saturated rings. The van der Waals surface area contributed by atoms with E-state index in [1.807, 2.05) is 12.1 Å². The number of alkyl carbamates (subject to hydrolysis) is 2. The van der Waals surface area contributed by atoms with E-state index < -0.39 is 70.2 Å². The van der Waals surface area contributed by atoms with Crippen LogP contribution in [0.5, 0.6) is 0 Å². The van der Waals surface area contributed by atoms with Crippen LogP contribution in [0.25, 0.3) is 0 Å². The lowest BCUT2D eigenvalue weighted by Gasteiger charge is -2.29. The number of ether oxygens (including phenoxy) is 4. The summed E-state index contributed by atoms with van der Waals surface area (Å²) in [4.78, 5) is 69.0. The molecule has 0 aromatic heterocycles. The zero-order valence-corrected chi connectivity index (χ0v) is 31.8. The standard InChI is InChI=1S/C36H50N6O11S/c1-5-50-30(43)22-38-54(48,49)25-28(39-31(44)29-19-13-21-42(29)35(47)53-36(2,3)4)18-12-20-37-32(40-33(45)51-23-26-14-8-6-9-15-26)41-34(46)52-24-27-16-10-7-11-17-27/h6-11,14-17,28-29,38H,5,12-13,18-25H2,1-4H3,(H,39,44)(H2,37,40,41,45,46)/t28-,29-/m0/s1. The van der Waals surface area contributed by atoms with Crippen molar-refractivity contribution < 1.29 is 51.3 Å². The fourth-order valence-electron chi connectivity index (χ4n) is 5.13. The van der Waals surface area contributed by atoms with Gasteiger partial charge in [0, 0.05) is 19.1 Å². The number of nitrogens with one attached hydrogen (secondary N) is 4. The van der Waals surface area contributed by atoms with Crippen LogP contribution in [0.1, 0.15) is 64.5 Å². The lowest BCUT2D eigenvalue weighted by Crippen LogP contribution is -2.52. The van der Waals surface area contributed by atoms with E-state index in [0.717, 1.165) is 11.1 Å². The Bertz CT molecular complexity index is 1630. The number of amides is 4. The number of hydrogen-bond acceptors (Lipinski definition) is 12. The van der Waals surface area contributed by atoms with Crippen molar-refractivity contribution in [2.24, 2.45) is 4.99 Å². The minimum absolute atomic E-state index is 0.0508. The van der Waals surface area contributed by atoms with Gasteiger partial charge in [-0.15, -0.1) is 0 Å². The van der Waals surface area contributed by atoms with E-state index in [1.54, 1.807) is 76.2 Å². The quantitative estimate of drug-likeness (QED) is 0.0637. The SMILES string of the molecule is CCOC(=O)CNS(=O)(=O)C[C@H](CCCN=C(NC(=O)OCc1ccccc1)NC(=O)OCc1ccccc1)NC(=O)[C@@H]1CCCN1C(=O)OC(C)(C)C. The first-order valence-corrected chi connectivity index (χ1v) is 19.2. The Morgan fingerprint density at radius 2 is 1.46 bits per heavy atom. The van der Waals surface area contributed by atoms with Crippen molar-refractivity contribution in [1.82, 2.24) is 25.6 Å². The van der Waals surface area contributed by atoms with Crippen molar-refractivity contribution in [2.75, 3.05) is 32.0 Å². The van der Waals surface area contributed by atoms with Crippen molar-refractivity contribution in [1.29, 1.82) is 0 Å². The van der Waals surface area contributed by atoms with E-state index in [0.29, 0.717) is 12.8 Å². The third-order valence-electron chi connectivity index (χ3n) is 7.54. The highest BCUT2D eigenvalue weighted by molar-refractivity contribution is 7.89. The second-order valence-electron chi connectivity index (χ2n) is 13.2. The summed E-state index contributed by atoms with van der Waals surface area (Å²) in [5.74, 6) is -2.23. The van der Waals surface area contributed by atoms with Crippen LogP contribution < -0.4 is 20.7 Å². The summed E-state index contributed by atoms with van der Waals surface area (Å²) >= 11 is 0. The predicted molar refractivity (Wildman–Crippen MR) is 197 cm³/mol. The molecular weight excluding hydrogens is 724 g/mol. The predicted octanol–water partition coefficient (Wildman–Crippen LogP) is 3.34. The second kappa shape index (κ2) is 21.5. The molecule has 0 spiro atoms. The van der Waals surface area contributed by atoms with Crippen LogP contribution in [0.3, 0.4) is 0 Å². The molecule has 0 aliphatic carbocycles. The summed E-state index contributed by atoms with van der Waals surface area (Å²) in [7, 11) is -4.11. The third-order valence-corrected chi connectivity index (χ3v) is 8.96. The van der Waals surface area contributed by atoms with Crippen LogP contribution in [0, 0.1) is 0 Å². The molecular formula is C36H50N6O11S. The maximum atomic E-state index is 13.5. The molecule has 17 nitrogen and oxygen atoms in total. The topological polar surface area (TPSA) is 220 Å². The Kier molecular flexibility index (Phi) is 17.2. The highest BCUT2D eigenvalue weighted by Gasteiger charge is 2.37. The molecule has 18 heteroatoms. The van der Waals surface area contributed by atoms with Crippen LogP contribution in [0.4, 0.5) is 14.4 Å². The number of benzene rings is 2. The first kappa shape index (κ1) is 43.2. The molecule has 0 radical (unpaired) electrons. The average molecular weight is 775 g/mol. The van der Waals surface area contributed by atoms with Gasteiger partial charge in [-0.05, 0) is 64.5 Å². The molecule has 2 atom stereocenters. The van der Waals surface area contributed by atoms with Crippen LogP contribution in [0.2, 0.25) is 0 Å². The average Bonchev–Trinajstić information content (AvgIpc) is 3.62. The number of nitrogens with zero attached hydrogens (tertiary/aromatic N) is 2. The van der Waals surface area contributed by atoms with E-state index >= 15 is 0 Å². The summed E-state index contributed by atoms with van der Waals surface area (Å²) < 4.78 is 48.9. The molecule has 2 aromatic carbocycles. The molecule has 1 saturated heterocycles. The molecule has 3 rings (SSSR count). The van der Waals surface area contributed by atoms with Crippen molar-refractivity contribution in [3.8, 4) is 0 Å². The van der Waals surface area contributed by atoms with Gasteiger partial charge in [-0.25, -0.2) is 27.5 Å². The summed E-state index contributed by atoms with van der Waals surface area (Å²) in [5.41, 5.74) is 0.670. The number of rotatable bonds is 16. The molecule has 54 heavy (non-hydrogen) atoms. The van der Waals surface area contributed by atoms with Gasteiger partial charge in [0.1, 0.15) is 31.4 Å². The Balaban J connectivity index is 1.71. The Hall–Kier alpha value is -5.23. The summed E-state index contributed by atoms with van der Waals surface area (Å²) in [6.07, 6.45) is -1.38. The summed E-state index contributed by atoms with van der Waals surface area (Å²) in [6.45, 7) is 6.31. The van der Waals surface area contributed by atoms with E-state index in [2.05, 4.69) is 25.7 Å².